The largest absolute Gasteiger partial charge is 0.370 e. The first-order valence-corrected chi connectivity index (χ1v) is 9.30. The van der Waals surface area contributed by atoms with Crippen LogP contribution in [0.3, 0.4) is 0 Å². The van der Waals surface area contributed by atoms with Crippen LogP contribution >= 0.6 is 11.8 Å². The van der Waals surface area contributed by atoms with Crippen LogP contribution in [-0.4, -0.2) is 41.6 Å². The van der Waals surface area contributed by atoms with Gasteiger partial charge in [-0.15, -0.1) is 0 Å². The Kier molecular flexibility index (Phi) is 9.31. The summed E-state index contributed by atoms with van der Waals surface area (Å²) < 4.78 is 0. The second-order valence-electron chi connectivity index (χ2n) is 5.83. The monoisotopic (exact) mass is 330 g/mol. The Bertz CT molecular complexity index is 350. The minimum Gasteiger partial charge on any atom is -0.370 e. The predicted molar refractivity (Wildman–Crippen MR) is 91.7 cm³/mol. The quantitative estimate of drug-likeness (QED) is 0.397. The number of amides is 3. The first-order chi connectivity index (χ1) is 10.6. The van der Waals surface area contributed by atoms with Crippen LogP contribution in [-0.2, 0) is 4.79 Å². The van der Waals surface area contributed by atoms with Crippen LogP contribution in [0.15, 0.2) is 0 Å². The van der Waals surface area contributed by atoms with Gasteiger partial charge in [0.1, 0.15) is 0 Å². The van der Waals surface area contributed by atoms with E-state index in [1.165, 1.54) is 19.3 Å². The number of fused-ring (bicyclic) bond motifs is 1. The molecule has 128 valence electrons. The molecule has 3 atom stereocenters. The smallest absolute Gasteiger partial charge is 0.315 e. The average molecular weight is 330 g/mol. The van der Waals surface area contributed by atoms with Gasteiger partial charge in [0.05, 0.1) is 12.1 Å². The number of nitrogens with one attached hydrogen (secondary N) is 2. The highest BCUT2D eigenvalue weighted by Gasteiger charge is 2.42. The zero-order valence-corrected chi connectivity index (χ0v) is 14.3. The van der Waals surface area contributed by atoms with E-state index in [2.05, 4.69) is 17.6 Å². The Labute approximate surface area is 137 Å². The second-order valence-corrected chi connectivity index (χ2v) is 7.10. The molecule has 0 aromatic rings. The van der Waals surface area contributed by atoms with E-state index in [1.54, 1.807) is 0 Å². The molecule has 2 aliphatic rings. The van der Waals surface area contributed by atoms with Crippen molar-refractivity contribution >= 4 is 23.7 Å². The summed E-state index contributed by atoms with van der Waals surface area (Å²) in [7, 11) is 0. The Hall–Kier alpha value is -0.950. The summed E-state index contributed by atoms with van der Waals surface area (Å²) >= 11 is 1.90. The maximum absolute atomic E-state index is 11.1. The Balaban J connectivity index is 0.000000346. The van der Waals surface area contributed by atoms with Crippen molar-refractivity contribution in [3.63, 3.8) is 0 Å². The van der Waals surface area contributed by atoms with Crippen molar-refractivity contribution in [1.82, 2.24) is 10.6 Å². The molecule has 0 radical (unpaired) electrons. The van der Waals surface area contributed by atoms with Crippen LogP contribution in [0, 0.1) is 0 Å². The number of hydrogen-bond acceptors (Lipinski definition) is 4. The van der Waals surface area contributed by atoms with E-state index in [0.29, 0.717) is 17.7 Å². The van der Waals surface area contributed by atoms with Gasteiger partial charge in [-0.3, -0.25) is 4.79 Å². The maximum atomic E-state index is 11.1. The van der Waals surface area contributed by atoms with Crippen molar-refractivity contribution in [2.75, 3.05) is 12.3 Å². The second kappa shape index (κ2) is 10.7. The van der Waals surface area contributed by atoms with Crippen LogP contribution in [0.2, 0.25) is 0 Å². The van der Waals surface area contributed by atoms with Crippen LogP contribution in [0.4, 0.5) is 4.79 Å². The summed E-state index contributed by atoms with van der Waals surface area (Å²) in [6, 6.07) is 0.516. The fourth-order valence-corrected chi connectivity index (χ4v) is 4.23. The molecule has 2 aliphatic heterocycles. The number of rotatable bonds is 8. The summed E-state index contributed by atoms with van der Waals surface area (Å²) in [4.78, 5) is 21.7. The van der Waals surface area contributed by atoms with Gasteiger partial charge in [-0.05, 0) is 25.8 Å². The van der Waals surface area contributed by atoms with E-state index < -0.39 is 0 Å². The van der Waals surface area contributed by atoms with Gasteiger partial charge >= 0.3 is 6.03 Å². The lowest BCUT2D eigenvalue weighted by atomic mass is 10.0. The van der Waals surface area contributed by atoms with E-state index in [0.717, 1.165) is 31.6 Å². The number of primary amides is 1. The third kappa shape index (κ3) is 6.87. The first-order valence-electron chi connectivity index (χ1n) is 8.25. The summed E-state index contributed by atoms with van der Waals surface area (Å²) in [5.41, 5.74) is 10.3. The number of unbranched alkanes of at least 4 members (excludes halogenated alkanes) is 3. The highest BCUT2D eigenvalue weighted by Crippen LogP contribution is 2.33. The molecule has 0 spiro atoms. The van der Waals surface area contributed by atoms with Gasteiger partial charge in [-0.1, -0.05) is 26.2 Å². The lowest BCUT2D eigenvalue weighted by molar-refractivity contribution is -0.118. The van der Waals surface area contributed by atoms with Crippen molar-refractivity contribution in [3.05, 3.63) is 0 Å². The predicted octanol–water partition coefficient (Wildman–Crippen LogP) is 1.33. The van der Waals surface area contributed by atoms with Crippen molar-refractivity contribution in [2.45, 2.75) is 69.2 Å². The van der Waals surface area contributed by atoms with E-state index >= 15 is 0 Å². The summed E-state index contributed by atoms with van der Waals surface area (Å²) in [6.07, 6.45) is 7.12. The molecule has 2 heterocycles. The minimum atomic E-state index is -0.229. The molecule has 0 aromatic carbocycles. The zero-order chi connectivity index (χ0) is 16.4. The topological polar surface area (TPSA) is 110 Å². The molecule has 2 rings (SSSR count). The fourth-order valence-electron chi connectivity index (χ4n) is 2.68. The van der Waals surface area contributed by atoms with Crippen LogP contribution in [0.5, 0.6) is 0 Å². The number of hydrogen-bond donors (Lipinski definition) is 4. The molecule has 6 nitrogen and oxygen atoms in total. The number of carbonyl (C=O) groups excluding carboxylic acids is 2. The van der Waals surface area contributed by atoms with Crippen LogP contribution in [0.25, 0.3) is 0 Å². The highest BCUT2D eigenvalue weighted by atomic mass is 32.2. The van der Waals surface area contributed by atoms with Gasteiger partial charge in [0, 0.05) is 17.4 Å². The SMILES string of the molecule is CCCCCN.NC(=O)CCCC[C@@H]1SC[C@@H]2NC(=O)N[C@@H]21. The van der Waals surface area contributed by atoms with E-state index in [4.69, 9.17) is 11.5 Å². The Morgan fingerprint density at radius 1 is 1.27 bits per heavy atom. The molecule has 22 heavy (non-hydrogen) atoms. The molecular formula is C15H30N4O2S. The molecule has 0 bridgehead atoms. The lowest BCUT2D eigenvalue weighted by Crippen LogP contribution is -2.36. The third-order valence-corrected chi connectivity index (χ3v) is 5.42. The Morgan fingerprint density at radius 2 is 2.05 bits per heavy atom. The molecule has 2 saturated heterocycles. The molecular weight excluding hydrogens is 300 g/mol. The molecule has 0 aliphatic carbocycles. The molecule has 6 N–H and O–H groups in total. The molecule has 0 saturated carbocycles. The van der Waals surface area contributed by atoms with Gasteiger partial charge < -0.3 is 22.1 Å². The molecule has 2 fully saturated rings. The lowest BCUT2D eigenvalue weighted by Gasteiger charge is -2.16. The summed E-state index contributed by atoms with van der Waals surface area (Å²) in [5.74, 6) is 0.761. The summed E-state index contributed by atoms with van der Waals surface area (Å²) in [5, 5.41) is 6.35. The number of urea groups is 1. The molecule has 0 aromatic heterocycles. The van der Waals surface area contributed by atoms with Gasteiger partial charge in [-0.2, -0.15) is 11.8 Å². The Morgan fingerprint density at radius 3 is 2.64 bits per heavy atom. The van der Waals surface area contributed by atoms with Crippen LogP contribution < -0.4 is 22.1 Å². The van der Waals surface area contributed by atoms with Gasteiger partial charge in [0.25, 0.3) is 0 Å². The van der Waals surface area contributed by atoms with Crippen molar-refractivity contribution in [3.8, 4) is 0 Å². The standard InChI is InChI=1S/C10H17N3O2S.C5H13N/c11-8(14)4-2-1-3-7-9-6(5-16-7)12-10(15)13-9;1-2-3-4-5-6/h6-7,9H,1-5H2,(H2,11,14)(H2,12,13,15);2-6H2,1H3/t6-,7-,9-;/m0./s1. The normalized spacial score (nSPS) is 25.7. The zero-order valence-electron chi connectivity index (χ0n) is 13.5. The maximum Gasteiger partial charge on any atom is 0.315 e. The van der Waals surface area contributed by atoms with E-state index in [9.17, 15) is 9.59 Å². The molecule has 7 heteroatoms. The van der Waals surface area contributed by atoms with Crippen molar-refractivity contribution in [1.29, 1.82) is 0 Å². The van der Waals surface area contributed by atoms with Crippen molar-refractivity contribution in [2.24, 2.45) is 11.5 Å². The molecule has 3 amide bonds. The van der Waals surface area contributed by atoms with E-state index in [-0.39, 0.29) is 18.0 Å². The van der Waals surface area contributed by atoms with Gasteiger partial charge in [0.15, 0.2) is 0 Å². The number of carbonyl (C=O) groups is 2. The van der Waals surface area contributed by atoms with Gasteiger partial charge in [0.2, 0.25) is 5.91 Å². The van der Waals surface area contributed by atoms with Crippen LogP contribution in [0.1, 0.15) is 51.9 Å². The van der Waals surface area contributed by atoms with E-state index in [1.807, 2.05) is 11.8 Å². The number of nitrogens with two attached hydrogens (primary N) is 2. The number of thioether (sulfide) groups is 1. The third-order valence-electron chi connectivity index (χ3n) is 3.91. The van der Waals surface area contributed by atoms with Crippen molar-refractivity contribution < 1.29 is 9.59 Å². The molecule has 0 unspecified atom stereocenters. The highest BCUT2D eigenvalue weighted by molar-refractivity contribution is 8.00. The first kappa shape index (κ1) is 19.1. The van der Waals surface area contributed by atoms with Gasteiger partial charge in [-0.25, -0.2) is 4.79 Å². The summed E-state index contributed by atoms with van der Waals surface area (Å²) in [6.45, 7) is 3.03. The fraction of sp³-hybridized carbons (Fsp3) is 0.867. The average Bonchev–Trinajstić information content (AvgIpc) is 3.01. The minimum absolute atomic E-state index is 0.0440.